The van der Waals surface area contributed by atoms with Crippen molar-refractivity contribution in [3.63, 3.8) is 0 Å². The Labute approximate surface area is 217 Å². The van der Waals surface area contributed by atoms with Crippen molar-refractivity contribution in [2.45, 2.75) is 59.2 Å². The lowest BCUT2D eigenvalue weighted by atomic mass is 10.0. The van der Waals surface area contributed by atoms with Gasteiger partial charge in [0.1, 0.15) is 11.5 Å². The fourth-order valence-electron chi connectivity index (χ4n) is 5.54. The number of carbonyl (C=O) groups excluding carboxylic acids is 2. The molecule has 2 fully saturated rings. The zero-order valence-corrected chi connectivity index (χ0v) is 22.0. The number of amides is 2. The van der Waals surface area contributed by atoms with Gasteiger partial charge in [0.2, 0.25) is 11.9 Å². The van der Waals surface area contributed by atoms with E-state index in [1.54, 1.807) is 19.1 Å². The van der Waals surface area contributed by atoms with E-state index in [-0.39, 0.29) is 35.5 Å². The van der Waals surface area contributed by atoms with Crippen LogP contribution in [0.4, 0.5) is 16.2 Å². The highest BCUT2D eigenvalue weighted by molar-refractivity contribution is 5.98. The first kappa shape index (κ1) is 25.2. The molecule has 2 aromatic rings. The van der Waals surface area contributed by atoms with Crippen LogP contribution in [0.1, 0.15) is 68.2 Å². The number of ether oxygens (including phenoxy) is 1. The van der Waals surface area contributed by atoms with Crippen molar-refractivity contribution < 1.29 is 18.7 Å². The number of hydrogen-bond donors (Lipinski definition) is 0. The van der Waals surface area contributed by atoms with Crippen molar-refractivity contribution in [1.82, 2.24) is 19.8 Å². The van der Waals surface area contributed by atoms with E-state index in [0.717, 1.165) is 36.3 Å². The van der Waals surface area contributed by atoms with Crippen LogP contribution >= 0.6 is 0 Å². The van der Waals surface area contributed by atoms with Gasteiger partial charge in [-0.15, -0.1) is 0 Å². The molecule has 10 heteroatoms. The summed E-state index contributed by atoms with van der Waals surface area (Å²) in [5, 5.41) is 0. The molecule has 1 aromatic carbocycles. The van der Waals surface area contributed by atoms with Crippen LogP contribution in [0, 0.1) is 5.82 Å². The highest BCUT2D eigenvalue weighted by Crippen LogP contribution is 2.41. The van der Waals surface area contributed by atoms with E-state index in [1.165, 1.54) is 0 Å². The number of rotatable bonds is 6. The van der Waals surface area contributed by atoms with Gasteiger partial charge in [-0.05, 0) is 51.3 Å². The van der Waals surface area contributed by atoms with E-state index < -0.39 is 0 Å². The molecule has 0 spiro atoms. The van der Waals surface area contributed by atoms with Crippen molar-refractivity contribution >= 4 is 23.6 Å². The Hall–Kier alpha value is -3.43. The van der Waals surface area contributed by atoms with Gasteiger partial charge in [0.05, 0.1) is 19.2 Å². The summed E-state index contributed by atoms with van der Waals surface area (Å²) < 4.78 is 20.2. The molecule has 4 heterocycles. The second-order valence-electron chi connectivity index (χ2n) is 10.2. The zero-order valence-electron chi connectivity index (χ0n) is 22.0. The summed E-state index contributed by atoms with van der Waals surface area (Å²) in [5.74, 6) is 1.12. The van der Waals surface area contributed by atoms with Crippen molar-refractivity contribution in [3.05, 3.63) is 40.8 Å². The highest BCUT2D eigenvalue weighted by Gasteiger charge is 2.39. The molecule has 3 aliphatic rings. The van der Waals surface area contributed by atoms with Crippen molar-refractivity contribution in [2.24, 2.45) is 0 Å². The Kier molecular flexibility index (Phi) is 6.92. The number of anilines is 2. The molecular formula is C27H35FN6O3. The molecule has 3 aliphatic heterocycles. The lowest BCUT2D eigenvalue weighted by Gasteiger charge is -2.35. The van der Waals surface area contributed by atoms with Crippen molar-refractivity contribution in [2.75, 3.05) is 49.1 Å². The second kappa shape index (κ2) is 10.1. The van der Waals surface area contributed by atoms with Crippen LogP contribution in [-0.4, -0.2) is 77.0 Å². The minimum absolute atomic E-state index is 0.0340. The van der Waals surface area contributed by atoms with Gasteiger partial charge in [-0.25, -0.2) is 9.37 Å². The maximum Gasteiger partial charge on any atom is 0.273 e. The Morgan fingerprint density at radius 2 is 1.92 bits per heavy atom. The van der Waals surface area contributed by atoms with Gasteiger partial charge in [0, 0.05) is 51.3 Å². The zero-order chi connectivity index (χ0) is 26.3. The van der Waals surface area contributed by atoms with E-state index in [1.807, 2.05) is 36.6 Å². The average molecular weight is 511 g/mol. The third-order valence-corrected chi connectivity index (χ3v) is 7.56. The lowest BCUT2D eigenvalue weighted by molar-refractivity contribution is -0.129. The van der Waals surface area contributed by atoms with E-state index in [4.69, 9.17) is 14.7 Å². The number of carbonyl (C=O) groups is 2. The van der Waals surface area contributed by atoms with E-state index in [9.17, 15) is 14.0 Å². The first-order valence-corrected chi connectivity index (χ1v) is 13.2. The molecule has 0 radical (unpaired) electrons. The topological polar surface area (TPSA) is 82.1 Å². The number of fused-ring (bicyclic) bond motifs is 1. The van der Waals surface area contributed by atoms with Gasteiger partial charge in [-0.2, -0.15) is 4.98 Å². The quantitative estimate of drug-likeness (QED) is 0.589. The number of piperazine rings is 1. The third-order valence-electron chi connectivity index (χ3n) is 7.56. The van der Waals surface area contributed by atoms with E-state index in [2.05, 4.69) is 9.80 Å². The highest BCUT2D eigenvalue weighted by atomic mass is 19.1. The summed E-state index contributed by atoms with van der Waals surface area (Å²) in [6, 6.07) is 5.15. The monoisotopic (exact) mass is 510 g/mol. The van der Waals surface area contributed by atoms with Crippen LogP contribution in [0.2, 0.25) is 0 Å². The SMILES string of the molecule is CCOc1ccc([C@H]2CCCN2c2nc(N3CCN(C(C)=O)CC3)nc3c2CN(C(C)C)C3=O)cc1F. The molecule has 1 aromatic heterocycles. The Bertz CT molecular complexity index is 1200. The molecule has 5 rings (SSSR count). The second-order valence-corrected chi connectivity index (χ2v) is 10.2. The summed E-state index contributed by atoms with van der Waals surface area (Å²) in [6.07, 6.45) is 1.80. The van der Waals surface area contributed by atoms with E-state index >= 15 is 0 Å². The largest absolute Gasteiger partial charge is 0.491 e. The molecule has 0 unspecified atom stereocenters. The first-order chi connectivity index (χ1) is 17.8. The number of hydrogen-bond acceptors (Lipinski definition) is 7. The standard InChI is InChI=1S/C27H35FN6O3/c1-5-37-23-9-8-19(15-21(23)28)22-7-6-10-33(22)25-20-16-34(17(2)3)26(36)24(20)29-27(30-25)32-13-11-31(12-14-32)18(4)35/h8-9,15,17,22H,5-7,10-14,16H2,1-4H3/t22-/m1/s1. The predicted octanol–water partition coefficient (Wildman–Crippen LogP) is 3.39. The van der Waals surface area contributed by atoms with Gasteiger partial charge in [0.25, 0.3) is 5.91 Å². The first-order valence-electron chi connectivity index (χ1n) is 13.2. The fourth-order valence-corrected chi connectivity index (χ4v) is 5.54. The van der Waals surface area contributed by atoms with Crippen molar-refractivity contribution in [3.8, 4) is 5.75 Å². The fraction of sp³-hybridized carbons (Fsp3) is 0.556. The van der Waals surface area contributed by atoms with Crippen LogP contribution < -0.4 is 14.5 Å². The van der Waals surface area contributed by atoms with Gasteiger partial charge >= 0.3 is 0 Å². The number of benzene rings is 1. The summed E-state index contributed by atoms with van der Waals surface area (Å²) in [6.45, 7) is 11.4. The van der Waals surface area contributed by atoms with Crippen LogP contribution in [0.25, 0.3) is 0 Å². The molecule has 1 atom stereocenters. The summed E-state index contributed by atoms with van der Waals surface area (Å²) in [4.78, 5) is 42.8. The Morgan fingerprint density at radius 3 is 2.57 bits per heavy atom. The van der Waals surface area contributed by atoms with E-state index in [0.29, 0.717) is 51.0 Å². The minimum Gasteiger partial charge on any atom is -0.491 e. The van der Waals surface area contributed by atoms with Crippen LogP contribution in [0.3, 0.4) is 0 Å². The summed E-state index contributed by atoms with van der Waals surface area (Å²) >= 11 is 0. The normalized spacial score (nSPS) is 19.7. The summed E-state index contributed by atoms with van der Waals surface area (Å²) in [5.41, 5.74) is 2.15. The molecule has 2 saturated heterocycles. The van der Waals surface area contributed by atoms with Crippen LogP contribution in [0.15, 0.2) is 18.2 Å². The maximum absolute atomic E-state index is 14.8. The number of aromatic nitrogens is 2. The lowest BCUT2D eigenvalue weighted by Crippen LogP contribution is -2.48. The van der Waals surface area contributed by atoms with Gasteiger partial charge < -0.3 is 24.3 Å². The van der Waals surface area contributed by atoms with Gasteiger partial charge in [-0.3, -0.25) is 9.59 Å². The number of nitrogens with zero attached hydrogens (tertiary/aromatic N) is 6. The maximum atomic E-state index is 14.8. The minimum atomic E-state index is -0.371. The molecule has 198 valence electrons. The van der Waals surface area contributed by atoms with Gasteiger partial charge in [0.15, 0.2) is 11.6 Å². The number of halogens is 1. The third kappa shape index (κ3) is 4.69. The molecule has 0 bridgehead atoms. The predicted molar refractivity (Wildman–Crippen MR) is 138 cm³/mol. The molecule has 0 saturated carbocycles. The van der Waals surface area contributed by atoms with Crippen LogP contribution in [0.5, 0.6) is 5.75 Å². The Balaban J connectivity index is 1.52. The molecule has 9 nitrogen and oxygen atoms in total. The molecule has 0 N–H and O–H groups in total. The smallest absolute Gasteiger partial charge is 0.273 e. The van der Waals surface area contributed by atoms with Crippen molar-refractivity contribution in [1.29, 1.82) is 0 Å². The molecule has 2 amide bonds. The Morgan fingerprint density at radius 1 is 1.16 bits per heavy atom. The summed E-state index contributed by atoms with van der Waals surface area (Å²) in [7, 11) is 0. The molecule has 0 aliphatic carbocycles. The molecular weight excluding hydrogens is 475 g/mol. The average Bonchev–Trinajstić information content (AvgIpc) is 3.50. The van der Waals surface area contributed by atoms with Crippen LogP contribution in [-0.2, 0) is 11.3 Å². The van der Waals surface area contributed by atoms with Gasteiger partial charge in [-0.1, -0.05) is 6.07 Å². The molecule has 37 heavy (non-hydrogen) atoms.